The lowest BCUT2D eigenvalue weighted by molar-refractivity contribution is -0.111. The van der Waals surface area contributed by atoms with Gasteiger partial charge in [0.25, 0.3) is 0 Å². The molecule has 20 heavy (non-hydrogen) atoms. The molecule has 0 aromatic heterocycles. The largest absolute Gasteiger partial charge is 0.497 e. The number of nitrogens with one attached hydrogen (secondary N) is 1. The molecule has 3 nitrogen and oxygen atoms in total. The molecule has 0 aliphatic rings. The number of anilines is 1. The first-order valence-electron chi connectivity index (χ1n) is 6.06. The van der Waals surface area contributed by atoms with Crippen molar-refractivity contribution in [3.63, 3.8) is 0 Å². The van der Waals surface area contributed by atoms with Gasteiger partial charge in [-0.3, -0.25) is 4.79 Å². The van der Waals surface area contributed by atoms with Crippen LogP contribution in [0.4, 0.5) is 5.69 Å². The molecule has 0 unspecified atom stereocenters. The Morgan fingerprint density at radius 3 is 2.65 bits per heavy atom. The lowest BCUT2D eigenvalue weighted by atomic mass is 10.2. The molecule has 1 amide bonds. The third kappa shape index (κ3) is 3.96. The maximum absolute atomic E-state index is 11.9. The minimum Gasteiger partial charge on any atom is -0.497 e. The van der Waals surface area contributed by atoms with Gasteiger partial charge in [-0.05, 0) is 39.7 Å². The zero-order valence-electron chi connectivity index (χ0n) is 11.0. The summed E-state index contributed by atoms with van der Waals surface area (Å²) in [6, 6.07) is 15.1. The Labute approximate surface area is 126 Å². The molecule has 0 saturated heterocycles. The number of ether oxygens (including phenoxy) is 1. The fourth-order valence-electron chi connectivity index (χ4n) is 1.64. The van der Waals surface area contributed by atoms with E-state index >= 15 is 0 Å². The highest BCUT2D eigenvalue weighted by molar-refractivity contribution is 9.10. The van der Waals surface area contributed by atoms with E-state index < -0.39 is 0 Å². The zero-order valence-corrected chi connectivity index (χ0v) is 12.6. The fourth-order valence-corrected chi connectivity index (χ4v) is 1.98. The average molecular weight is 332 g/mol. The molecule has 0 atom stereocenters. The maximum atomic E-state index is 11.9. The van der Waals surface area contributed by atoms with Crippen LogP contribution in [0.5, 0.6) is 5.75 Å². The van der Waals surface area contributed by atoms with Gasteiger partial charge in [-0.2, -0.15) is 0 Å². The Hall–Kier alpha value is -2.07. The van der Waals surface area contributed by atoms with Crippen molar-refractivity contribution in [2.45, 2.75) is 0 Å². The van der Waals surface area contributed by atoms with E-state index in [1.165, 1.54) is 6.08 Å². The molecule has 0 aliphatic carbocycles. The summed E-state index contributed by atoms with van der Waals surface area (Å²) in [5.41, 5.74) is 1.65. The van der Waals surface area contributed by atoms with E-state index in [2.05, 4.69) is 21.2 Å². The number of carbonyl (C=O) groups excluding carboxylic acids is 1. The topological polar surface area (TPSA) is 38.3 Å². The summed E-state index contributed by atoms with van der Waals surface area (Å²) >= 11 is 3.39. The predicted octanol–water partition coefficient (Wildman–Crippen LogP) is 4.11. The first-order chi connectivity index (χ1) is 9.69. The second-order valence-corrected chi connectivity index (χ2v) is 4.93. The Bertz CT molecular complexity index is 624. The van der Waals surface area contributed by atoms with Gasteiger partial charge < -0.3 is 10.1 Å². The van der Waals surface area contributed by atoms with Crippen molar-refractivity contribution in [1.29, 1.82) is 0 Å². The van der Waals surface area contributed by atoms with Crippen LogP contribution in [0.25, 0.3) is 6.08 Å². The zero-order chi connectivity index (χ0) is 14.4. The number of amides is 1. The normalized spacial score (nSPS) is 10.5. The van der Waals surface area contributed by atoms with Crippen molar-refractivity contribution in [3.8, 4) is 5.75 Å². The molecular formula is C16H14BrNO2. The highest BCUT2D eigenvalue weighted by atomic mass is 79.9. The van der Waals surface area contributed by atoms with Crippen LogP contribution in [0.15, 0.2) is 59.1 Å². The summed E-state index contributed by atoms with van der Waals surface area (Å²) in [5, 5.41) is 2.80. The smallest absolute Gasteiger partial charge is 0.248 e. The molecule has 0 heterocycles. The Kier molecular flexibility index (Phi) is 4.96. The number of hydrogen-bond acceptors (Lipinski definition) is 2. The van der Waals surface area contributed by atoms with Gasteiger partial charge in [0, 0.05) is 16.6 Å². The maximum Gasteiger partial charge on any atom is 0.248 e. The van der Waals surface area contributed by atoms with Crippen molar-refractivity contribution in [2.24, 2.45) is 0 Å². The summed E-state index contributed by atoms with van der Waals surface area (Å²) < 4.78 is 5.94. The fraction of sp³-hybridized carbons (Fsp3) is 0.0625. The van der Waals surface area contributed by atoms with Gasteiger partial charge in [0.2, 0.25) is 5.91 Å². The van der Waals surface area contributed by atoms with E-state index in [-0.39, 0.29) is 5.91 Å². The lowest BCUT2D eigenvalue weighted by Gasteiger charge is -2.07. The van der Waals surface area contributed by atoms with Gasteiger partial charge in [-0.25, -0.2) is 0 Å². The molecule has 4 heteroatoms. The van der Waals surface area contributed by atoms with Crippen LogP contribution in [0.3, 0.4) is 0 Å². The second-order valence-electron chi connectivity index (χ2n) is 4.08. The highest BCUT2D eigenvalue weighted by Gasteiger charge is 2.04. The summed E-state index contributed by atoms with van der Waals surface area (Å²) in [6.45, 7) is 0. The molecule has 1 N–H and O–H groups in total. The number of rotatable bonds is 4. The predicted molar refractivity (Wildman–Crippen MR) is 84.8 cm³/mol. The number of methoxy groups -OCH3 is 1. The molecule has 0 bridgehead atoms. The number of halogens is 1. The molecule has 0 radical (unpaired) electrons. The van der Waals surface area contributed by atoms with Gasteiger partial charge in [0.15, 0.2) is 0 Å². The second kappa shape index (κ2) is 6.91. The van der Waals surface area contributed by atoms with Crippen LogP contribution >= 0.6 is 15.9 Å². The molecule has 2 rings (SSSR count). The standard InChI is InChI=1S/C16H14BrNO2/c1-20-13-8-9-14(17)15(11-13)18-16(19)10-7-12-5-3-2-4-6-12/h2-11H,1H3,(H,18,19)/b10-7-. The molecule has 2 aromatic carbocycles. The van der Waals surface area contributed by atoms with Gasteiger partial charge in [0.05, 0.1) is 12.8 Å². The Morgan fingerprint density at radius 1 is 1.20 bits per heavy atom. The summed E-state index contributed by atoms with van der Waals surface area (Å²) in [6.07, 6.45) is 3.27. The van der Waals surface area contributed by atoms with E-state index in [0.717, 1.165) is 10.0 Å². The molecule has 0 spiro atoms. The summed E-state index contributed by atoms with van der Waals surface area (Å²) in [7, 11) is 1.59. The van der Waals surface area contributed by atoms with E-state index in [1.807, 2.05) is 42.5 Å². The van der Waals surface area contributed by atoms with Gasteiger partial charge in [0.1, 0.15) is 5.75 Å². The van der Waals surface area contributed by atoms with Crippen LogP contribution in [0.1, 0.15) is 5.56 Å². The van der Waals surface area contributed by atoms with Crippen molar-refractivity contribution in [2.75, 3.05) is 12.4 Å². The average Bonchev–Trinajstić information content (AvgIpc) is 2.48. The van der Waals surface area contributed by atoms with E-state index in [0.29, 0.717) is 11.4 Å². The monoisotopic (exact) mass is 331 g/mol. The molecular weight excluding hydrogens is 318 g/mol. The molecule has 102 valence electrons. The SMILES string of the molecule is COc1ccc(Br)c(NC(=O)/C=C\c2ccccc2)c1. The molecule has 0 aliphatic heterocycles. The van der Waals surface area contributed by atoms with Crippen molar-refractivity contribution in [3.05, 3.63) is 64.6 Å². The molecule has 2 aromatic rings. The van der Waals surface area contributed by atoms with Crippen LogP contribution in [-0.4, -0.2) is 13.0 Å². The number of carbonyl (C=O) groups is 1. The number of benzene rings is 2. The minimum absolute atomic E-state index is 0.192. The third-order valence-corrected chi connectivity index (χ3v) is 3.35. The van der Waals surface area contributed by atoms with Crippen LogP contribution < -0.4 is 10.1 Å². The lowest BCUT2D eigenvalue weighted by Crippen LogP contribution is -2.08. The highest BCUT2D eigenvalue weighted by Crippen LogP contribution is 2.27. The van der Waals surface area contributed by atoms with Gasteiger partial charge in [-0.15, -0.1) is 0 Å². The van der Waals surface area contributed by atoms with Crippen molar-refractivity contribution in [1.82, 2.24) is 0 Å². The van der Waals surface area contributed by atoms with Crippen LogP contribution in [-0.2, 0) is 4.79 Å². The van der Waals surface area contributed by atoms with Crippen molar-refractivity contribution >= 4 is 33.6 Å². The quantitative estimate of drug-likeness (QED) is 0.856. The first-order valence-corrected chi connectivity index (χ1v) is 6.86. The van der Waals surface area contributed by atoms with E-state index in [1.54, 1.807) is 19.3 Å². The van der Waals surface area contributed by atoms with E-state index in [4.69, 9.17) is 4.74 Å². The number of hydrogen-bond donors (Lipinski definition) is 1. The van der Waals surface area contributed by atoms with Gasteiger partial charge >= 0.3 is 0 Å². The summed E-state index contributed by atoms with van der Waals surface area (Å²) in [5.74, 6) is 0.498. The van der Waals surface area contributed by atoms with Crippen LogP contribution in [0.2, 0.25) is 0 Å². The molecule has 0 fully saturated rings. The molecule has 0 saturated carbocycles. The van der Waals surface area contributed by atoms with Gasteiger partial charge in [-0.1, -0.05) is 30.3 Å². The first kappa shape index (κ1) is 14.3. The van der Waals surface area contributed by atoms with Crippen LogP contribution in [0, 0.1) is 0 Å². The van der Waals surface area contributed by atoms with Crippen molar-refractivity contribution < 1.29 is 9.53 Å². The minimum atomic E-state index is -0.192. The Balaban J connectivity index is 2.06. The summed E-state index contributed by atoms with van der Waals surface area (Å²) in [4.78, 5) is 11.9. The third-order valence-electron chi connectivity index (χ3n) is 2.66. The Morgan fingerprint density at radius 2 is 1.95 bits per heavy atom. The van der Waals surface area contributed by atoms with E-state index in [9.17, 15) is 4.79 Å².